The van der Waals surface area contributed by atoms with Crippen LogP contribution in [0, 0.1) is 0 Å². The Bertz CT molecular complexity index is 334. The summed E-state index contributed by atoms with van der Waals surface area (Å²) in [6, 6.07) is 0. The highest BCUT2D eigenvalue weighted by Crippen LogP contribution is 2.14. The summed E-state index contributed by atoms with van der Waals surface area (Å²) in [4.78, 5) is 18.3. The second kappa shape index (κ2) is 5.64. The summed E-state index contributed by atoms with van der Waals surface area (Å²) in [5, 5.41) is 0. The number of aliphatic imine (C=N–C) groups is 1. The molecule has 0 radical (unpaired) electrons. The van der Waals surface area contributed by atoms with Crippen LogP contribution in [0.5, 0.6) is 0 Å². The first-order chi connectivity index (χ1) is 7.88. The van der Waals surface area contributed by atoms with Gasteiger partial charge in [-0.05, 0) is 31.4 Å². The third kappa shape index (κ3) is 2.81. The number of allylic oxidation sites excluding steroid dienone is 3. The lowest BCUT2D eigenvalue weighted by Crippen LogP contribution is -2.32. The zero-order valence-electron chi connectivity index (χ0n) is 9.56. The van der Waals surface area contributed by atoms with Crippen LogP contribution >= 0.6 is 0 Å². The van der Waals surface area contributed by atoms with Crippen LogP contribution < -0.4 is 0 Å². The van der Waals surface area contributed by atoms with Gasteiger partial charge in [-0.1, -0.05) is 18.9 Å². The smallest absolute Gasteiger partial charge is 0.272 e. The minimum Gasteiger partial charge on any atom is -0.337 e. The van der Waals surface area contributed by atoms with Gasteiger partial charge in [0.2, 0.25) is 0 Å². The first kappa shape index (κ1) is 11.1. The summed E-state index contributed by atoms with van der Waals surface area (Å²) in [5.74, 6) is 0.0989. The van der Waals surface area contributed by atoms with Crippen LogP contribution in [0.4, 0.5) is 0 Å². The molecule has 1 amide bonds. The van der Waals surface area contributed by atoms with Crippen LogP contribution in [0.1, 0.15) is 32.1 Å². The average molecular weight is 218 g/mol. The van der Waals surface area contributed by atoms with Crippen molar-refractivity contribution >= 4 is 12.1 Å². The maximum Gasteiger partial charge on any atom is 0.272 e. The summed E-state index contributed by atoms with van der Waals surface area (Å²) in [6.45, 7) is 1.78. The van der Waals surface area contributed by atoms with Crippen molar-refractivity contribution in [3.63, 3.8) is 0 Å². The second-order valence-electron chi connectivity index (χ2n) is 4.24. The van der Waals surface area contributed by atoms with E-state index in [1.165, 1.54) is 12.8 Å². The predicted molar refractivity (Wildman–Crippen MR) is 65.4 cm³/mol. The molecule has 0 aliphatic carbocycles. The zero-order valence-corrected chi connectivity index (χ0v) is 9.56. The number of hydrogen-bond donors (Lipinski definition) is 0. The second-order valence-corrected chi connectivity index (χ2v) is 4.24. The van der Waals surface area contributed by atoms with Gasteiger partial charge in [-0.25, -0.2) is 0 Å². The van der Waals surface area contributed by atoms with Gasteiger partial charge in [0, 0.05) is 19.3 Å². The molecule has 0 aromatic rings. The van der Waals surface area contributed by atoms with Crippen LogP contribution in [-0.2, 0) is 4.79 Å². The van der Waals surface area contributed by atoms with E-state index in [2.05, 4.69) is 4.99 Å². The Labute approximate surface area is 96.5 Å². The van der Waals surface area contributed by atoms with Gasteiger partial charge in [-0.2, -0.15) is 0 Å². The van der Waals surface area contributed by atoms with E-state index in [0.717, 1.165) is 32.4 Å². The molecular weight excluding hydrogens is 200 g/mol. The Kier molecular flexibility index (Phi) is 3.91. The maximum atomic E-state index is 12.2. The molecule has 0 unspecified atom stereocenters. The molecule has 0 bridgehead atoms. The van der Waals surface area contributed by atoms with Crippen molar-refractivity contribution in [1.82, 2.24) is 4.90 Å². The molecule has 86 valence electrons. The summed E-state index contributed by atoms with van der Waals surface area (Å²) >= 11 is 0. The Morgan fingerprint density at radius 3 is 2.69 bits per heavy atom. The quantitative estimate of drug-likeness (QED) is 0.664. The Balaban J connectivity index is 2.02. The van der Waals surface area contributed by atoms with Gasteiger partial charge >= 0.3 is 0 Å². The van der Waals surface area contributed by atoms with E-state index in [1.807, 2.05) is 23.1 Å². The van der Waals surface area contributed by atoms with Crippen LogP contribution in [0.25, 0.3) is 0 Å². The summed E-state index contributed by atoms with van der Waals surface area (Å²) in [6.07, 6.45) is 13.0. The highest BCUT2D eigenvalue weighted by molar-refractivity contribution is 5.95. The van der Waals surface area contributed by atoms with E-state index >= 15 is 0 Å². The largest absolute Gasteiger partial charge is 0.337 e. The van der Waals surface area contributed by atoms with Crippen molar-refractivity contribution in [2.75, 3.05) is 13.1 Å². The molecule has 2 aliphatic rings. The third-order valence-corrected chi connectivity index (χ3v) is 3.00. The van der Waals surface area contributed by atoms with Crippen molar-refractivity contribution < 1.29 is 4.79 Å². The molecule has 0 spiro atoms. The average Bonchev–Trinajstić information content (AvgIpc) is 2.73. The minimum absolute atomic E-state index is 0.0989. The number of rotatable bonds is 1. The van der Waals surface area contributed by atoms with Crippen molar-refractivity contribution in [3.8, 4) is 0 Å². The third-order valence-electron chi connectivity index (χ3n) is 3.00. The monoisotopic (exact) mass is 218 g/mol. The maximum absolute atomic E-state index is 12.2. The summed E-state index contributed by atoms with van der Waals surface area (Å²) in [5.41, 5.74) is 0.604. The van der Waals surface area contributed by atoms with E-state index in [1.54, 1.807) is 6.21 Å². The molecule has 0 aromatic carbocycles. The number of likely N-dealkylation sites (tertiary alicyclic amines) is 1. The van der Waals surface area contributed by atoms with Gasteiger partial charge in [0.25, 0.3) is 5.91 Å². The van der Waals surface area contributed by atoms with Gasteiger partial charge in [0.1, 0.15) is 5.70 Å². The highest BCUT2D eigenvalue weighted by Gasteiger charge is 2.18. The number of carbonyl (C=O) groups excluding carboxylic acids is 1. The number of amides is 1. The Morgan fingerprint density at radius 1 is 1.19 bits per heavy atom. The molecule has 2 rings (SSSR count). The fourth-order valence-electron chi connectivity index (χ4n) is 2.07. The Morgan fingerprint density at radius 2 is 1.94 bits per heavy atom. The lowest BCUT2D eigenvalue weighted by Gasteiger charge is -2.20. The fraction of sp³-hybridized carbons (Fsp3) is 0.538. The van der Waals surface area contributed by atoms with Crippen LogP contribution in [0.2, 0.25) is 0 Å². The SMILES string of the molecule is O=C(C1=CCC=CC=N1)N1CCCCCC1. The van der Waals surface area contributed by atoms with Crippen molar-refractivity contribution in [2.45, 2.75) is 32.1 Å². The van der Waals surface area contributed by atoms with E-state index in [9.17, 15) is 4.79 Å². The lowest BCUT2D eigenvalue weighted by molar-refractivity contribution is -0.127. The highest BCUT2D eigenvalue weighted by atomic mass is 16.2. The molecule has 0 N–H and O–H groups in total. The molecule has 0 aromatic heterocycles. The predicted octanol–water partition coefficient (Wildman–Crippen LogP) is 2.30. The van der Waals surface area contributed by atoms with E-state index in [4.69, 9.17) is 0 Å². The van der Waals surface area contributed by atoms with E-state index in [-0.39, 0.29) is 5.91 Å². The topological polar surface area (TPSA) is 32.7 Å². The molecule has 0 saturated carbocycles. The molecular formula is C13H18N2O. The van der Waals surface area contributed by atoms with Gasteiger partial charge in [-0.3, -0.25) is 9.79 Å². The van der Waals surface area contributed by atoms with E-state index in [0.29, 0.717) is 5.70 Å². The number of carbonyl (C=O) groups is 1. The molecule has 3 heteroatoms. The zero-order chi connectivity index (χ0) is 11.2. The lowest BCUT2D eigenvalue weighted by atomic mass is 10.2. The van der Waals surface area contributed by atoms with Gasteiger partial charge in [0.15, 0.2) is 0 Å². The normalized spacial score (nSPS) is 21.2. The summed E-state index contributed by atoms with van der Waals surface area (Å²) < 4.78 is 0. The Hall–Kier alpha value is -1.38. The van der Waals surface area contributed by atoms with Gasteiger partial charge in [0.05, 0.1) is 0 Å². The molecule has 1 fully saturated rings. The van der Waals surface area contributed by atoms with Crippen molar-refractivity contribution in [1.29, 1.82) is 0 Å². The molecule has 3 nitrogen and oxygen atoms in total. The van der Waals surface area contributed by atoms with Gasteiger partial charge in [-0.15, -0.1) is 0 Å². The molecule has 0 atom stereocenters. The van der Waals surface area contributed by atoms with Crippen LogP contribution in [0.15, 0.2) is 28.9 Å². The fourth-order valence-corrected chi connectivity index (χ4v) is 2.07. The molecule has 1 saturated heterocycles. The standard InChI is InChI=1S/C13H18N2O/c16-13(12-8-4-3-5-9-14-12)15-10-6-1-2-7-11-15/h3,5,8-9H,1-2,4,6-7,10-11H2. The first-order valence-electron chi connectivity index (χ1n) is 6.06. The van der Waals surface area contributed by atoms with Crippen molar-refractivity contribution in [2.24, 2.45) is 4.99 Å². The number of hydrogen-bond acceptors (Lipinski definition) is 2. The van der Waals surface area contributed by atoms with Gasteiger partial charge < -0.3 is 4.90 Å². The molecule has 2 aliphatic heterocycles. The first-order valence-corrected chi connectivity index (χ1v) is 6.06. The number of nitrogens with zero attached hydrogens (tertiary/aromatic N) is 2. The van der Waals surface area contributed by atoms with Crippen molar-refractivity contribution in [3.05, 3.63) is 23.9 Å². The molecule has 16 heavy (non-hydrogen) atoms. The van der Waals surface area contributed by atoms with Crippen LogP contribution in [-0.4, -0.2) is 30.1 Å². The summed E-state index contributed by atoms with van der Waals surface area (Å²) in [7, 11) is 0. The minimum atomic E-state index is 0.0989. The van der Waals surface area contributed by atoms with Crippen LogP contribution in [0.3, 0.4) is 0 Å². The molecule has 2 heterocycles. The van der Waals surface area contributed by atoms with E-state index < -0.39 is 0 Å².